The van der Waals surface area contributed by atoms with Crippen molar-refractivity contribution in [3.05, 3.63) is 41.6 Å². The molecule has 4 saturated carbocycles. The van der Waals surface area contributed by atoms with E-state index >= 15 is 0 Å². The van der Waals surface area contributed by atoms with Crippen LogP contribution in [0.5, 0.6) is 5.75 Å². The standard InChI is InChI=1S/C29H35F3N6O2/c30-29(31,32)40-25-4-2-1-3-19(25)13-34-27-35-14-22(12-33)26(37-27)36-17-28-9-18-7-20(10-28)24(21(8-18)11-28)16-38-6-5-23(39)15-38/h1-4,14,18,20-21,23-24,39H,5-11,13,15-17H2,(H2,34,35,36,37)/t18?,20-,21+,23?,24?,28?. The number of anilines is 2. The van der Waals surface area contributed by atoms with E-state index in [1.165, 1.54) is 50.4 Å². The van der Waals surface area contributed by atoms with E-state index in [4.69, 9.17) is 0 Å². The molecule has 2 heterocycles. The lowest BCUT2D eigenvalue weighted by Gasteiger charge is -2.60. The van der Waals surface area contributed by atoms with E-state index in [1.54, 1.807) is 12.1 Å². The van der Waals surface area contributed by atoms with Crippen LogP contribution < -0.4 is 15.4 Å². The quantitative estimate of drug-likeness (QED) is 0.405. The molecule has 40 heavy (non-hydrogen) atoms. The molecule has 11 heteroatoms. The first-order chi connectivity index (χ1) is 19.2. The molecule has 4 unspecified atom stereocenters. The van der Waals surface area contributed by atoms with Crippen LogP contribution >= 0.6 is 0 Å². The van der Waals surface area contributed by atoms with Crippen molar-refractivity contribution in [1.29, 1.82) is 5.26 Å². The number of aromatic nitrogens is 2. The number of aliphatic hydroxyl groups is 1. The predicted molar refractivity (Wildman–Crippen MR) is 142 cm³/mol. The number of ether oxygens (including phenoxy) is 1. The number of nitriles is 1. The molecule has 1 saturated heterocycles. The number of alkyl halides is 3. The highest BCUT2D eigenvalue weighted by molar-refractivity contribution is 5.53. The molecule has 5 fully saturated rings. The van der Waals surface area contributed by atoms with Crippen molar-refractivity contribution >= 4 is 11.8 Å². The average Bonchev–Trinajstić information content (AvgIpc) is 3.32. The molecule has 6 atom stereocenters. The van der Waals surface area contributed by atoms with Gasteiger partial charge in [-0.1, -0.05) is 18.2 Å². The topological polar surface area (TPSA) is 106 Å². The normalized spacial score (nSPS) is 31.2. The molecule has 8 nitrogen and oxygen atoms in total. The second kappa shape index (κ2) is 10.7. The zero-order valence-electron chi connectivity index (χ0n) is 22.3. The Morgan fingerprint density at radius 1 is 1.15 bits per heavy atom. The van der Waals surface area contributed by atoms with E-state index in [2.05, 4.69) is 36.3 Å². The molecule has 0 amide bonds. The van der Waals surface area contributed by atoms with Crippen LogP contribution in [-0.4, -0.2) is 58.6 Å². The molecule has 1 aromatic heterocycles. The summed E-state index contributed by atoms with van der Waals surface area (Å²) in [7, 11) is 0. The van der Waals surface area contributed by atoms with Crippen LogP contribution in [-0.2, 0) is 6.54 Å². The largest absolute Gasteiger partial charge is 0.573 e. The van der Waals surface area contributed by atoms with Gasteiger partial charge in [-0.05, 0) is 73.7 Å². The smallest absolute Gasteiger partial charge is 0.405 e. The van der Waals surface area contributed by atoms with Crippen molar-refractivity contribution < 1.29 is 23.0 Å². The van der Waals surface area contributed by atoms with Gasteiger partial charge in [-0.15, -0.1) is 13.2 Å². The maximum atomic E-state index is 12.8. The van der Waals surface area contributed by atoms with E-state index in [1.807, 2.05) is 0 Å². The van der Waals surface area contributed by atoms with E-state index in [0.717, 1.165) is 38.5 Å². The van der Waals surface area contributed by atoms with Gasteiger partial charge in [-0.25, -0.2) is 4.98 Å². The van der Waals surface area contributed by atoms with Gasteiger partial charge < -0.3 is 25.4 Å². The minimum Gasteiger partial charge on any atom is -0.405 e. The van der Waals surface area contributed by atoms with Crippen molar-refractivity contribution in [2.24, 2.45) is 29.1 Å². The summed E-state index contributed by atoms with van der Waals surface area (Å²) in [5, 5.41) is 26.1. The highest BCUT2D eigenvalue weighted by Gasteiger charge is 2.55. The molecular weight excluding hydrogens is 521 g/mol. The molecule has 7 rings (SSSR count). The summed E-state index contributed by atoms with van der Waals surface area (Å²) in [6, 6.07) is 8.08. The number of likely N-dealkylation sites (tertiary alicyclic amines) is 1. The Morgan fingerprint density at radius 3 is 2.62 bits per heavy atom. The summed E-state index contributed by atoms with van der Waals surface area (Å²) < 4.78 is 42.5. The molecule has 1 aromatic carbocycles. The fourth-order valence-corrected chi connectivity index (χ4v) is 8.09. The lowest BCUT2D eigenvalue weighted by Crippen LogP contribution is -2.55. The van der Waals surface area contributed by atoms with Gasteiger partial charge in [0.05, 0.1) is 12.3 Å². The molecule has 1 aliphatic heterocycles. The maximum Gasteiger partial charge on any atom is 0.573 e. The third kappa shape index (κ3) is 5.84. The van der Waals surface area contributed by atoms with Crippen LogP contribution in [0.4, 0.5) is 24.9 Å². The Morgan fingerprint density at radius 2 is 1.93 bits per heavy atom. The van der Waals surface area contributed by atoms with Crippen LogP contribution in [0.3, 0.4) is 0 Å². The minimum atomic E-state index is -4.79. The molecule has 0 radical (unpaired) electrons. The van der Waals surface area contributed by atoms with Gasteiger partial charge >= 0.3 is 6.36 Å². The van der Waals surface area contributed by atoms with Crippen molar-refractivity contribution in [3.63, 3.8) is 0 Å². The van der Waals surface area contributed by atoms with E-state index in [9.17, 15) is 23.5 Å². The Hall–Kier alpha value is -3.10. The summed E-state index contributed by atoms with van der Waals surface area (Å²) in [6.45, 7) is 3.66. The summed E-state index contributed by atoms with van der Waals surface area (Å²) in [4.78, 5) is 11.2. The average molecular weight is 557 g/mol. The molecule has 4 aliphatic carbocycles. The molecular formula is C29H35F3N6O2. The fourth-order valence-electron chi connectivity index (χ4n) is 8.09. The Balaban J connectivity index is 1.11. The van der Waals surface area contributed by atoms with E-state index < -0.39 is 6.36 Å². The second-order valence-electron chi connectivity index (χ2n) is 12.3. The number of benzene rings is 1. The van der Waals surface area contributed by atoms with Crippen LogP contribution in [0, 0.1) is 40.4 Å². The monoisotopic (exact) mass is 556 g/mol. The molecule has 2 aromatic rings. The Labute approximate surface area is 231 Å². The predicted octanol–water partition coefficient (Wildman–Crippen LogP) is 4.78. The number of nitrogens with one attached hydrogen (secondary N) is 2. The third-order valence-electron chi connectivity index (χ3n) is 9.49. The number of para-hydroxylation sites is 1. The summed E-state index contributed by atoms with van der Waals surface area (Å²) in [6.07, 6.45) is 3.47. The number of halogens is 3. The molecule has 0 spiro atoms. The molecule has 3 N–H and O–H groups in total. The minimum absolute atomic E-state index is 0.0298. The van der Waals surface area contributed by atoms with Crippen LogP contribution in [0.2, 0.25) is 0 Å². The first-order valence-corrected chi connectivity index (χ1v) is 14.2. The Bertz CT molecular complexity index is 1250. The second-order valence-corrected chi connectivity index (χ2v) is 12.3. The zero-order valence-corrected chi connectivity index (χ0v) is 22.3. The number of hydrogen-bond acceptors (Lipinski definition) is 8. The number of aliphatic hydroxyl groups excluding tert-OH is 1. The highest BCUT2D eigenvalue weighted by atomic mass is 19.4. The van der Waals surface area contributed by atoms with Crippen molar-refractivity contribution in [1.82, 2.24) is 14.9 Å². The first kappa shape index (κ1) is 27.1. The Kier molecular flexibility index (Phi) is 7.25. The van der Waals surface area contributed by atoms with Crippen molar-refractivity contribution in [3.8, 4) is 11.8 Å². The van der Waals surface area contributed by atoms with Crippen molar-refractivity contribution in [2.75, 3.05) is 36.8 Å². The lowest BCUT2D eigenvalue weighted by atomic mass is 9.46. The van der Waals surface area contributed by atoms with Gasteiger partial charge in [0.2, 0.25) is 5.95 Å². The van der Waals surface area contributed by atoms with E-state index in [0.29, 0.717) is 34.7 Å². The number of β-amino-alcohol motifs (C(OH)–C–C–N with tert-alkyl or cyclic N) is 1. The van der Waals surface area contributed by atoms with Crippen LogP contribution in [0.1, 0.15) is 49.7 Å². The zero-order chi connectivity index (χ0) is 27.9. The van der Waals surface area contributed by atoms with Crippen LogP contribution in [0.15, 0.2) is 30.5 Å². The molecule has 5 aliphatic rings. The summed E-state index contributed by atoms with van der Waals surface area (Å²) in [5.74, 6) is 3.22. The van der Waals surface area contributed by atoms with Gasteiger partial charge in [0.1, 0.15) is 23.2 Å². The van der Waals surface area contributed by atoms with Crippen LogP contribution in [0.25, 0.3) is 0 Å². The fraction of sp³-hybridized carbons (Fsp3) is 0.621. The first-order valence-electron chi connectivity index (χ1n) is 14.2. The van der Waals surface area contributed by atoms with Gasteiger partial charge in [0.25, 0.3) is 0 Å². The van der Waals surface area contributed by atoms with Gasteiger partial charge in [-0.2, -0.15) is 10.2 Å². The lowest BCUT2D eigenvalue weighted by molar-refractivity contribution is -0.274. The summed E-state index contributed by atoms with van der Waals surface area (Å²) >= 11 is 0. The number of rotatable bonds is 9. The highest BCUT2D eigenvalue weighted by Crippen LogP contribution is 2.62. The van der Waals surface area contributed by atoms with Gasteiger partial charge in [0, 0.05) is 38.3 Å². The number of hydrogen-bond donors (Lipinski definition) is 3. The molecule has 4 bridgehead atoms. The summed E-state index contributed by atoms with van der Waals surface area (Å²) in [5.41, 5.74) is 0.826. The number of nitrogens with zero attached hydrogens (tertiary/aromatic N) is 4. The van der Waals surface area contributed by atoms with Gasteiger partial charge in [-0.3, -0.25) is 0 Å². The van der Waals surface area contributed by atoms with Gasteiger partial charge in [0.15, 0.2) is 0 Å². The third-order valence-corrected chi connectivity index (χ3v) is 9.49. The van der Waals surface area contributed by atoms with E-state index in [-0.39, 0.29) is 29.8 Å². The maximum absolute atomic E-state index is 12.8. The SMILES string of the molecule is N#Cc1cnc(NCc2ccccc2OC(F)(F)F)nc1NCC12CC3C[C@H](C1)C(CN1CCC(O)C1)[C@@H](C3)C2. The molecule has 214 valence electrons. The van der Waals surface area contributed by atoms with Crippen molar-refractivity contribution in [2.45, 2.75) is 57.5 Å².